The quantitative estimate of drug-likeness (QED) is 0.601. The van der Waals surface area contributed by atoms with Crippen LogP contribution in [0.2, 0.25) is 5.02 Å². The van der Waals surface area contributed by atoms with Crippen LogP contribution in [0.25, 0.3) is 11.1 Å². The van der Waals surface area contributed by atoms with E-state index < -0.39 is 0 Å². The molecular formula is C19H19Cl. The zero-order valence-corrected chi connectivity index (χ0v) is 12.4. The lowest BCUT2D eigenvalue weighted by Crippen LogP contribution is -1.98. The van der Waals surface area contributed by atoms with E-state index in [0.717, 1.165) is 11.4 Å². The van der Waals surface area contributed by atoms with Crippen molar-refractivity contribution in [2.45, 2.75) is 32.1 Å². The van der Waals surface area contributed by atoms with Crippen LogP contribution in [-0.4, -0.2) is 0 Å². The summed E-state index contributed by atoms with van der Waals surface area (Å²) in [5.74, 6) is 0. The number of halogens is 1. The molecule has 0 amide bonds. The van der Waals surface area contributed by atoms with Crippen molar-refractivity contribution in [3.05, 3.63) is 70.8 Å². The van der Waals surface area contributed by atoms with Gasteiger partial charge in [-0.05, 0) is 60.9 Å². The van der Waals surface area contributed by atoms with Gasteiger partial charge in [-0.3, -0.25) is 0 Å². The van der Waals surface area contributed by atoms with E-state index in [4.69, 9.17) is 11.6 Å². The molecule has 0 N–H and O–H groups in total. The molecule has 102 valence electrons. The molecule has 0 aliphatic heterocycles. The predicted octanol–water partition coefficient (Wildman–Crippen LogP) is 6.05. The van der Waals surface area contributed by atoms with Gasteiger partial charge in [-0.15, -0.1) is 0 Å². The number of allylic oxidation sites excluding steroid dienone is 2. The molecule has 0 heterocycles. The lowest BCUT2D eigenvalue weighted by Gasteiger charge is -2.15. The second-order valence-corrected chi connectivity index (χ2v) is 5.89. The Morgan fingerprint density at radius 1 is 0.900 bits per heavy atom. The molecule has 0 fully saturated rings. The van der Waals surface area contributed by atoms with Gasteiger partial charge in [0.2, 0.25) is 0 Å². The summed E-state index contributed by atoms with van der Waals surface area (Å²) in [5.41, 5.74) is 5.60. The van der Waals surface area contributed by atoms with Gasteiger partial charge in [0.05, 0.1) is 0 Å². The van der Waals surface area contributed by atoms with Crippen molar-refractivity contribution in [2.75, 3.05) is 0 Å². The molecule has 0 spiro atoms. The van der Waals surface area contributed by atoms with Gasteiger partial charge in [-0.1, -0.05) is 59.6 Å². The molecule has 0 saturated carbocycles. The SMILES string of the molecule is Clc1ccc(-c2ccccc2CC2=CCCCC2)cc1. The van der Waals surface area contributed by atoms with Gasteiger partial charge in [0.25, 0.3) is 0 Å². The van der Waals surface area contributed by atoms with Crippen LogP contribution in [0.5, 0.6) is 0 Å². The average molecular weight is 283 g/mol. The van der Waals surface area contributed by atoms with Crippen molar-refractivity contribution < 1.29 is 0 Å². The maximum atomic E-state index is 5.99. The standard InChI is InChI=1S/C19H19Cl/c20-18-12-10-16(11-13-18)19-9-5-4-8-17(19)14-15-6-2-1-3-7-15/h4-6,8-13H,1-3,7,14H2. The smallest absolute Gasteiger partial charge is 0.0406 e. The van der Waals surface area contributed by atoms with Crippen LogP contribution in [0.4, 0.5) is 0 Å². The van der Waals surface area contributed by atoms with Crippen LogP contribution in [-0.2, 0) is 6.42 Å². The van der Waals surface area contributed by atoms with E-state index in [1.165, 1.54) is 42.4 Å². The molecule has 0 atom stereocenters. The summed E-state index contributed by atoms with van der Waals surface area (Å²) in [6, 6.07) is 16.9. The normalized spacial score (nSPS) is 14.9. The van der Waals surface area contributed by atoms with Crippen molar-refractivity contribution in [3.63, 3.8) is 0 Å². The number of hydrogen-bond acceptors (Lipinski definition) is 0. The monoisotopic (exact) mass is 282 g/mol. The minimum Gasteiger partial charge on any atom is -0.0850 e. The molecule has 0 aromatic heterocycles. The Kier molecular flexibility index (Phi) is 4.22. The minimum absolute atomic E-state index is 0.793. The van der Waals surface area contributed by atoms with E-state index in [1.807, 2.05) is 12.1 Å². The molecule has 0 bridgehead atoms. The molecule has 2 aromatic rings. The first-order valence-electron chi connectivity index (χ1n) is 7.35. The third kappa shape index (κ3) is 3.13. The van der Waals surface area contributed by atoms with Crippen molar-refractivity contribution in [3.8, 4) is 11.1 Å². The lowest BCUT2D eigenvalue weighted by molar-refractivity contribution is 0.688. The molecule has 0 nitrogen and oxygen atoms in total. The van der Waals surface area contributed by atoms with Crippen molar-refractivity contribution in [2.24, 2.45) is 0 Å². The molecule has 1 heteroatoms. The van der Waals surface area contributed by atoms with E-state index >= 15 is 0 Å². The third-order valence-corrected chi connectivity index (χ3v) is 4.23. The maximum absolute atomic E-state index is 5.99. The minimum atomic E-state index is 0.793. The van der Waals surface area contributed by atoms with Crippen LogP contribution in [0, 0.1) is 0 Å². The van der Waals surface area contributed by atoms with Gasteiger partial charge < -0.3 is 0 Å². The van der Waals surface area contributed by atoms with Crippen LogP contribution < -0.4 is 0 Å². The Labute approximate surface area is 126 Å². The van der Waals surface area contributed by atoms with E-state index in [-0.39, 0.29) is 0 Å². The fraction of sp³-hybridized carbons (Fsp3) is 0.263. The highest BCUT2D eigenvalue weighted by atomic mass is 35.5. The van der Waals surface area contributed by atoms with Crippen LogP contribution >= 0.6 is 11.6 Å². The molecule has 3 rings (SSSR count). The van der Waals surface area contributed by atoms with E-state index in [9.17, 15) is 0 Å². The summed E-state index contributed by atoms with van der Waals surface area (Å²) in [6.07, 6.45) is 8.71. The van der Waals surface area contributed by atoms with Crippen LogP contribution in [0.15, 0.2) is 60.2 Å². The van der Waals surface area contributed by atoms with Crippen molar-refractivity contribution in [1.29, 1.82) is 0 Å². The topological polar surface area (TPSA) is 0 Å². The predicted molar refractivity (Wildman–Crippen MR) is 87.1 cm³/mol. The van der Waals surface area contributed by atoms with Crippen molar-refractivity contribution in [1.82, 2.24) is 0 Å². The summed E-state index contributed by atoms with van der Waals surface area (Å²) in [6.45, 7) is 0. The Hall–Kier alpha value is -1.53. The first-order chi connectivity index (χ1) is 9.83. The summed E-state index contributed by atoms with van der Waals surface area (Å²) < 4.78 is 0. The number of rotatable bonds is 3. The molecule has 0 saturated heterocycles. The Balaban J connectivity index is 1.91. The van der Waals surface area contributed by atoms with Gasteiger partial charge in [0, 0.05) is 5.02 Å². The van der Waals surface area contributed by atoms with Gasteiger partial charge in [-0.2, -0.15) is 0 Å². The molecule has 1 aliphatic carbocycles. The highest BCUT2D eigenvalue weighted by molar-refractivity contribution is 6.30. The van der Waals surface area contributed by atoms with Gasteiger partial charge in [0.15, 0.2) is 0 Å². The zero-order valence-electron chi connectivity index (χ0n) is 11.6. The lowest BCUT2D eigenvalue weighted by atomic mass is 9.90. The second kappa shape index (κ2) is 6.28. The van der Waals surface area contributed by atoms with Gasteiger partial charge >= 0.3 is 0 Å². The highest BCUT2D eigenvalue weighted by Gasteiger charge is 2.09. The molecule has 0 radical (unpaired) electrons. The average Bonchev–Trinajstić information content (AvgIpc) is 2.50. The Morgan fingerprint density at radius 2 is 1.70 bits per heavy atom. The van der Waals surface area contributed by atoms with Crippen LogP contribution in [0.3, 0.4) is 0 Å². The van der Waals surface area contributed by atoms with Crippen molar-refractivity contribution >= 4 is 11.6 Å². The highest BCUT2D eigenvalue weighted by Crippen LogP contribution is 2.29. The van der Waals surface area contributed by atoms with E-state index in [1.54, 1.807) is 5.57 Å². The van der Waals surface area contributed by atoms with Gasteiger partial charge in [0.1, 0.15) is 0 Å². The van der Waals surface area contributed by atoms with E-state index in [0.29, 0.717) is 0 Å². The third-order valence-electron chi connectivity index (χ3n) is 3.98. The summed E-state index contributed by atoms with van der Waals surface area (Å²) in [4.78, 5) is 0. The zero-order chi connectivity index (χ0) is 13.8. The molecule has 2 aromatic carbocycles. The summed E-state index contributed by atoms with van der Waals surface area (Å²) in [5, 5.41) is 0.793. The Bertz CT molecular complexity index is 608. The fourth-order valence-corrected chi connectivity index (χ4v) is 3.02. The van der Waals surface area contributed by atoms with Gasteiger partial charge in [-0.25, -0.2) is 0 Å². The Morgan fingerprint density at radius 3 is 2.45 bits per heavy atom. The van der Waals surface area contributed by atoms with Crippen LogP contribution in [0.1, 0.15) is 31.2 Å². The molecule has 20 heavy (non-hydrogen) atoms. The fourth-order valence-electron chi connectivity index (χ4n) is 2.90. The van der Waals surface area contributed by atoms with E-state index in [2.05, 4.69) is 42.5 Å². The summed E-state index contributed by atoms with van der Waals surface area (Å²) >= 11 is 5.99. The number of benzene rings is 2. The first-order valence-corrected chi connectivity index (χ1v) is 7.72. The first kappa shape index (κ1) is 13.5. The second-order valence-electron chi connectivity index (χ2n) is 5.45. The maximum Gasteiger partial charge on any atom is 0.0406 e. The molecular weight excluding hydrogens is 264 g/mol. The molecule has 0 unspecified atom stereocenters. The summed E-state index contributed by atoms with van der Waals surface area (Å²) in [7, 11) is 0. The largest absolute Gasteiger partial charge is 0.0850 e. The molecule has 1 aliphatic rings. The number of hydrogen-bond donors (Lipinski definition) is 0.